The third-order valence-electron chi connectivity index (χ3n) is 11.8. The fraction of sp³-hybridized carbons (Fsp3) is 0.812. The monoisotopic (exact) mass is 518 g/mol. The van der Waals surface area contributed by atoms with E-state index in [0.717, 1.165) is 38.5 Å². The van der Waals surface area contributed by atoms with Crippen LogP contribution in [0.4, 0.5) is 11.6 Å². The van der Waals surface area contributed by atoms with E-state index in [1.807, 2.05) is 0 Å². The molecule has 38 heavy (non-hydrogen) atoms. The number of carbonyl (C=O) groups is 2. The van der Waals surface area contributed by atoms with Gasteiger partial charge in [-0.25, -0.2) is 9.97 Å². The number of hydrogen-bond acceptors (Lipinski definition) is 4. The summed E-state index contributed by atoms with van der Waals surface area (Å²) in [6.07, 6.45) is 16.2. The van der Waals surface area contributed by atoms with Crippen LogP contribution < -0.4 is 10.6 Å². The van der Waals surface area contributed by atoms with Crippen molar-refractivity contribution in [3.8, 4) is 0 Å². The molecule has 0 radical (unpaired) electrons. The van der Waals surface area contributed by atoms with Gasteiger partial charge in [0, 0.05) is 12.4 Å². The molecule has 8 aliphatic rings. The molecule has 6 nitrogen and oxygen atoms in total. The van der Waals surface area contributed by atoms with Crippen LogP contribution in [-0.2, 0) is 9.59 Å². The fourth-order valence-corrected chi connectivity index (χ4v) is 14.1. The van der Waals surface area contributed by atoms with Gasteiger partial charge in [0.1, 0.15) is 0 Å². The molecule has 6 heteroatoms. The molecule has 1 heterocycles. The van der Waals surface area contributed by atoms with Crippen LogP contribution in [0.5, 0.6) is 0 Å². The largest absolute Gasteiger partial charge is 0.307 e. The zero-order valence-electron chi connectivity index (χ0n) is 24.4. The lowest BCUT2D eigenvalue weighted by molar-refractivity contribution is -0.188. The SMILES string of the molecule is CC12CC3(C)CC(C)(C1)CC(C(=O)Nc1nccnc1NC(=O)C14CC5(C)CC(C)(CC(C)(C5)C1)C4)(C2)C3. The maximum absolute atomic E-state index is 14.1. The van der Waals surface area contributed by atoms with Crippen LogP contribution in [-0.4, -0.2) is 21.8 Å². The molecular formula is C32H46N4O2. The zero-order valence-corrected chi connectivity index (χ0v) is 24.4. The Morgan fingerprint density at radius 2 is 0.737 bits per heavy atom. The van der Waals surface area contributed by atoms with Crippen LogP contribution in [0.2, 0.25) is 0 Å². The molecule has 2 N–H and O–H groups in total. The molecule has 0 aliphatic heterocycles. The van der Waals surface area contributed by atoms with Crippen LogP contribution in [0.25, 0.3) is 0 Å². The number of hydrogen-bond donors (Lipinski definition) is 2. The van der Waals surface area contributed by atoms with E-state index < -0.39 is 0 Å². The third kappa shape index (κ3) is 3.63. The number of anilines is 2. The van der Waals surface area contributed by atoms with Gasteiger partial charge in [-0.15, -0.1) is 0 Å². The number of aromatic nitrogens is 2. The minimum absolute atomic E-state index is 0.0682. The highest BCUT2D eigenvalue weighted by atomic mass is 16.2. The van der Waals surface area contributed by atoms with Crippen molar-refractivity contribution in [1.29, 1.82) is 0 Å². The minimum atomic E-state index is -0.372. The van der Waals surface area contributed by atoms with Crippen LogP contribution in [0.1, 0.15) is 119 Å². The first-order chi connectivity index (χ1) is 17.5. The number of nitrogens with zero attached hydrogens (tertiary/aromatic N) is 2. The first kappa shape index (κ1) is 25.0. The summed E-state index contributed by atoms with van der Waals surface area (Å²) < 4.78 is 0. The van der Waals surface area contributed by atoms with Gasteiger partial charge in [0.05, 0.1) is 10.8 Å². The van der Waals surface area contributed by atoms with Crippen molar-refractivity contribution in [2.24, 2.45) is 43.3 Å². The molecule has 8 bridgehead atoms. The normalized spacial score (nSPS) is 51.7. The van der Waals surface area contributed by atoms with Gasteiger partial charge < -0.3 is 10.6 Å². The first-order valence-corrected chi connectivity index (χ1v) is 14.9. The minimum Gasteiger partial charge on any atom is -0.307 e. The van der Waals surface area contributed by atoms with Crippen molar-refractivity contribution in [1.82, 2.24) is 9.97 Å². The van der Waals surface area contributed by atoms with E-state index in [0.29, 0.717) is 11.6 Å². The second-order valence-electron chi connectivity index (χ2n) is 17.7. The summed E-state index contributed by atoms with van der Waals surface area (Å²) in [7, 11) is 0. The molecule has 206 valence electrons. The van der Waals surface area contributed by atoms with Gasteiger partial charge in [0.25, 0.3) is 0 Å². The van der Waals surface area contributed by atoms with Crippen molar-refractivity contribution in [3.63, 3.8) is 0 Å². The van der Waals surface area contributed by atoms with Crippen molar-refractivity contribution in [2.45, 2.75) is 119 Å². The molecule has 8 aliphatic carbocycles. The highest BCUT2D eigenvalue weighted by molar-refractivity contribution is 6.01. The topological polar surface area (TPSA) is 84.0 Å². The molecule has 0 aromatic carbocycles. The van der Waals surface area contributed by atoms with E-state index in [-0.39, 0.29) is 55.1 Å². The van der Waals surface area contributed by atoms with Crippen LogP contribution in [0.15, 0.2) is 12.4 Å². The summed E-state index contributed by atoms with van der Waals surface area (Å²) in [5, 5.41) is 6.39. The van der Waals surface area contributed by atoms with Crippen molar-refractivity contribution in [2.75, 3.05) is 10.6 Å². The van der Waals surface area contributed by atoms with E-state index in [9.17, 15) is 9.59 Å². The Kier molecular flexibility index (Phi) is 4.62. The Morgan fingerprint density at radius 1 is 0.500 bits per heavy atom. The molecule has 8 saturated carbocycles. The van der Waals surface area contributed by atoms with Gasteiger partial charge in [0.2, 0.25) is 11.8 Å². The third-order valence-corrected chi connectivity index (χ3v) is 11.8. The fourth-order valence-electron chi connectivity index (χ4n) is 14.1. The Hall–Kier alpha value is -1.98. The molecule has 2 amide bonds. The first-order valence-electron chi connectivity index (χ1n) is 14.9. The summed E-state index contributed by atoms with van der Waals surface area (Å²) >= 11 is 0. The lowest BCUT2D eigenvalue weighted by Gasteiger charge is -2.68. The van der Waals surface area contributed by atoms with Crippen molar-refractivity contribution >= 4 is 23.5 Å². The summed E-state index contributed by atoms with van der Waals surface area (Å²) in [6, 6.07) is 0. The smallest absolute Gasteiger partial charge is 0.231 e. The maximum Gasteiger partial charge on any atom is 0.231 e. The van der Waals surface area contributed by atoms with Gasteiger partial charge in [0.15, 0.2) is 11.6 Å². The maximum atomic E-state index is 14.1. The van der Waals surface area contributed by atoms with Crippen LogP contribution in [0.3, 0.4) is 0 Å². The Morgan fingerprint density at radius 3 is 0.974 bits per heavy atom. The summed E-state index contributed by atoms with van der Waals surface area (Å²) in [6.45, 7) is 14.4. The number of nitrogens with one attached hydrogen (secondary N) is 2. The molecule has 0 unspecified atom stereocenters. The van der Waals surface area contributed by atoms with Gasteiger partial charge in [-0.2, -0.15) is 0 Å². The zero-order chi connectivity index (χ0) is 27.0. The average Bonchev–Trinajstić information content (AvgIpc) is 2.68. The quantitative estimate of drug-likeness (QED) is 0.444. The molecule has 1 aromatic rings. The van der Waals surface area contributed by atoms with E-state index in [4.69, 9.17) is 0 Å². The molecule has 0 spiro atoms. The Balaban J connectivity index is 1.15. The number of carbonyl (C=O) groups excluding carboxylic acids is 2. The summed E-state index contributed by atoms with van der Waals surface area (Å²) in [4.78, 5) is 37.2. The molecular weight excluding hydrogens is 472 g/mol. The molecule has 1 aromatic heterocycles. The van der Waals surface area contributed by atoms with Gasteiger partial charge in [-0.1, -0.05) is 41.5 Å². The molecule has 0 atom stereocenters. The van der Waals surface area contributed by atoms with E-state index >= 15 is 0 Å². The average molecular weight is 519 g/mol. The standard InChI is InChI=1S/C32H46N4O2/c1-25-9-26(2)11-27(3,10-25)17-31(15-25,16-26)23(37)35-21-22(34-8-7-33-21)36-24(38)32-18-28(4)12-29(5,19-32)14-30(6,13-28)20-32/h7-8H,9-20H2,1-6H3,(H,33,35,37)(H,34,36,38). The van der Waals surface area contributed by atoms with E-state index in [2.05, 4.69) is 62.1 Å². The lowest BCUT2D eigenvalue weighted by atomic mass is 9.36. The predicted molar refractivity (Wildman–Crippen MR) is 148 cm³/mol. The molecule has 9 rings (SSSR count). The predicted octanol–water partition coefficient (Wildman–Crippen LogP) is 7.13. The molecule has 8 fully saturated rings. The van der Waals surface area contributed by atoms with Gasteiger partial charge in [-0.3, -0.25) is 9.59 Å². The van der Waals surface area contributed by atoms with Gasteiger partial charge >= 0.3 is 0 Å². The van der Waals surface area contributed by atoms with Crippen LogP contribution in [0, 0.1) is 43.3 Å². The lowest BCUT2D eigenvalue weighted by Crippen LogP contribution is -2.62. The second kappa shape index (κ2) is 7.01. The summed E-state index contributed by atoms with van der Waals surface area (Å²) in [5.41, 5.74) is 0.566. The van der Waals surface area contributed by atoms with E-state index in [1.54, 1.807) is 12.4 Å². The van der Waals surface area contributed by atoms with Crippen LogP contribution >= 0.6 is 0 Å². The van der Waals surface area contributed by atoms with Crippen molar-refractivity contribution in [3.05, 3.63) is 12.4 Å². The Labute approximate surface area is 227 Å². The number of amides is 2. The molecule has 0 saturated heterocycles. The highest BCUT2D eigenvalue weighted by Gasteiger charge is 2.67. The van der Waals surface area contributed by atoms with Gasteiger partial charge in [-0.05, 0) is 110 Å². The summed E-state index contributed by atoms with van der Waals surface area (Å²) in [5.74, 6) is 0.933. The highest BCUT2D eigenvalue weighted by Crippen LogP contribution is 2.75. The second-order valence-corrected chi connectivity index (χ2v) is 17.7. The Bertz CT molecular complexity index is 1050. The van der Waals surface area contributed by atoms with E-state index in [1.165, 1.54) is 38.5 Å². The number of rotatable bonds is 4. The van der Waals surface area contributed by atoms with Crippen molar-refractivity contribution < 1.29 is 9.59 Å².